The molecule has 1 fully saturated rings. The summed E-state index contributed by atoms with van der Waals surface area (Å²) in [7, 11) is 0. The van der Waals surface area contributed by atoms with Crippen LogP contribution in [0.1, 0.15) is 44.1 Å². The molecular weight excluding hydrogens is 360 g/mol. The number of Topliss-reactive ketones (excluding diaryl/α,β-unsaturated/α-hetero) is 1. The van der Waals surface area contributed by atoms with E-state index in [-0.39, 0.29) is 5.78 Å². The van der Waals surface area contributed by atoms with Gasteiger partial charge in [0.15, 0.2) is 5.78 Å². The molecule has 1 saturated carbocycles. The van der Waals surface area contributed by atoms with Crippen molar-refractivity contribution in [2.45, 2.75) is 57.0 Å². The van der Waals surface area contributed by atoms with Crippen molar-refractivity contribution in [2.24, 2.45) is 17.6 Å². The second-order valence-electron chi connectivity index (χ2n) is 7.45. The van der Waals surface area contributed by atoms with Crippen LogP contribution in [0.25, 0.3) is 0 Å². The molecule has 1 aromatic carbocycles. The average Bonchev–Trinajstić information content (AvgIpc) is 3.17. The first-order valence-corrected chi connectivity index (χ1v) is 9.93. The van der Waals surface area contributed by atoms with Gasteiger partial charge < -0.3 is 15.9 Å². The molecule has 28 heavy (non-hydrogen) atoms. The molecular formula is C21H30N2O5. The lowest BCUT2D eigenvalue weighted by molar-refractivity contribution is -0.146. The summed E-state index contributed by atoms with van der Waals surface area (Å²) < 4.78 is 0. The molecule has 4 atom stereocenters. The molecule has 7 nitrogen and oxygen atoms in total. The molecule has 1 aliphatic rings. The van der Waals surface area contributed by atoms with Crippen LogP contribution in [0.3, 0.4) is 0 Å². The molecule has 0 spiro atoms. The van der Waals surface area contributed by atoms with E-state index in [1.807, 2.05) is 30.3 Å². The maximum absolute atomic E-state index is 13.0. The van der Waals surface area contributed by atoms with Crippen LogP contribution in [0.2, 0.25) is 0 Å². The lowest BCUT2D eigenvalue weighted by atomic mass is 9.86. The Morgan fingerprint density at radius 3 is 2.32 bits per heavy atom. The largest absolute Gasteiger partial charge is 0.481 e. The number of hydrogen-bond acceptors (Lipinski definition) is 5. The van der Waals surface area contributed by atoms with Crippen LogP contribution in [-0.4, -0.2) is 46.6 Å². The highest BCUT2D eigenvalue weighted by Crippen LogP contribution is 2.34. The Balaban J connectivity index is 2.07. The van der Waals surface area contributed by atoms with E-state index in [2.05, 4.69) is 5.32 Å². The van der Waals surface area contributed by atoms with Crippen LogP contribution in [0, 0.1) is 11.8 Å². The Morgan fingerprint density at radius 2 is 1.71 bits per heavy atom. The van der Waals surface area contributed by atoms with Gasteiger partial charge in [0, 0.05) is 5.92 Å². The van der Waals surface area contributed by atoms with Crippen molar-refractivity contribution in [3.8, 4) is 0 Å². The normalized spacial score (nSPS) is 21.2. The first-order chi connectivity index (χ1) is 13.4. The molecule has 0 amide bonds. The SMILES string of the molecule is NCCC[C@@H](NC(CCc1ccccc1)C(=O)O)C(=O)C1CCCC1C(=O)O. The summed E-state index contributed by atoms with van der Waals surface area (Å²) in [6.45, 7) is 0.389. The van der Waals surface area contributed by atoms with Gasteiger partial charge in [0.05, 0.1) is 12.0 Å². The second-order valence-corrected chi connectivity index (χ2v) is 7.45. The molecule has 2 rings (SSSR count). The zero-order chi connectivity index (χ0) is 20.5. The zero-order valence-electron chi connectivity index (χ0n) is 16.0. The summed E-state index contributed by atoms with van der Waals surface area (Å²) in [6, 6.07) is 8.01. The van der Waals surface area contributed by atoms with E-state index in [0.29, 0.717) is 51.5 Å². The minimum Gasteiger partial charge on any atom is -0.481 e. The summed E-state index contributed by atoms with van der Waals surface area (Å²) in [5.74, 6) is -3.39. The van der Waals surface area contributed by atoms with Gasteiger partial charge in [-0.2, -0.15) is 0 Å². The Hall–Kier alpha value is -2.25. The topological polar surface area (TPSA) is 130 Å². The van der Waals surface area contributed by atoms with Crippen LogP contribution < -0.4 is 11.1 Å². The van der Waals surface area contributed by atoms with Crippen LogP contribution in [0.15, 0.2) is 30.3 Å². The van der Waals surface area contributed by atoms with Gasteiger partial charge in [-0.15, -0.1) is 0 Å². The number of nitrogens with one attached hydrogen (secondary N) is 1. The number of aliphatic carboxylic acids is 2. The number of hydrogen-bond donors (Lipinski definition) is 4. The van der Waals surface area contributed by atoms with E-state index in [4.69, 9.17) is 5.73 Å². The molecule has 0 radical (unpaired) electrons. The molecule has 0 bridgehead atoms. The number of rotatable bonds is 12. The minimum atomic E-state index is -1.01. The summed E-state index contributed by atoms with van der Waals surface area (Å²) >= 11 is 0. The summed E-state index contributed by atoms with van der Waals surface area (Å²) in [6.07, 6.45) is 3.63. The summed E-state index contributed by atoms with van der Waals surface area (Å²) in [5.41, 5.74) is 6.61. The molecule has 0 saturated heterocycles. The van der Waals surface area contributed by atoms with Gasteiger partial charge in [0.1, 0.15) is 6.04 Å². The highest BCUT2D eigenvalue weighted by Gasteiger charge is 2.40. The Labute approximate surface area is 165 Å². The third-order valence-electron chi connectivity index (χ3n) is 5.50. The fourth-order valence-electron chi connectivity index (χ4n) is 3.96. The molecule has 1 aromatic rings. The van der Waals surface area contributed by atoms with E-state index >= 15 is 0 Å². The number of nitrogens with two attached hydrogens (primary N) is 1. The molecule has 1 aliphatic carbocycles. The van der Waals surface area contributed by atoms with E-state index in [9.17, 15) is 24.6 Å². The highest BCUT2D eigenvalue weighted by molar-refractivity contribution is 5.91. The van der Waals surface area contributed by atoms with E-state index in [1.54, 1.807) is 0 Å². The number of carboxylic acid groups (broad SMARTS) is 2. The van der Waals surface area contributed by atoms with Gasteiger partial charge in [-0.05, 0) is 50.6 Å². The zero-order valence-corrected chi connectivity index (χ0v) is 16.0. The number of aryl methyl sites for hydroxylation is 1. The number of carboxylic acids is 2. The lowest BCUT2D eigenvalue weighted by Gasteiger charge is -2.26. The van der Waals surface area contributed by atoms with Gasteiger partial charge in [-0.3, -0.25) is 19.7 Å². The molecule has 7 heteroatoms. The van der Waals surface area contributed by atoms with Crippen molar-refractivity contribution in [3.05, 3.63) is 35.9 Å². The van der Waals surface area contributed by atoms with Crippen molar-refractivity contribution in [2.75, 3.05) is 6.54 Å². The van der Waals surface area contributed by atoms with Gasteiger partial charge >= 0.3 is 11.9 Å². The summed E-state index contributed by atoms with van der Waals surface area (Å²) in [5, 5.41) is 22.0. The fourth-order valence-corrected chi connectivity index (χ4v) is 3.96. The standard InChI is InChI=1S/C21H30N2O5/c22-13-5-10-17(19(24)15-8-4-9-16(15)20(25)26)23-18(21(27)28)12-11-14-6-2-1-3-7-14/h1-3,6-7,15-18,23H,4-5,8-13,22H2,(H,25,26)(H,27,28)/t15?,16?,17-,18?/m1/s1. The Bertz CT molecular complexity index is 664. The predicted molar refractivity (Wildman–Crippen MR) is 105 cm³/mol. The molecule has 3 unspecified atom stereocenters. The van der Waals surface area contributed by atoms with E-state index < -0.39 is 35.9 Å². The predicted octanol–water partition coefficient (Wildman–Crippen LogP) is 1.84. The van der Waals surface area contributed by atoms with Crippen molar-refractivity contribution < 1.29 is 24.6 Å². The van der Waals surface area contributed by atoms with Crippen LogP contribution in [0.4, 0.5) is 0 Å². The van der Waals surface area contributed by atoms with Crippen LogP contribution in [-0.2, 0) is 20.8 Å². The van der Waals surface area contributed by atoms with Gasteiger partial charge in [-0.1, -0.05) is 36.8 Å². The quantitative estimate of drug-likeness (QED) is 0.428. The minimum absolute atomic E-state index is 0.190. The van der Waals surface area contributed by atoms with Crippen molar-refractivity contribution in [3.63, 3.8) is 0 Å². The monoisotopic (exact) mass is 390 g/mol. The molecule has 0 aliphatic heterocycles. The summed E-state index contributed by atoms with van der Waals surface area (Å²) in [4.78, 5) is 36.2. The van der Waals surface area contributed by atoms with Crippen molar-refractivity contribution in [1.82, 2.24) is 5.32 Å². The van der Waals surface area contributed by atoms with Crippen molar-refractivity contribution >= 4 is 17.7 Å². The maximum Gasteiger partial charge on any atom is 0.320 e. The second kappa shape index (κ2) is 10.9. The first-order valence-electron chi connectivity index (χ1n) is 9.93. The first kappa shape index (κ1) is 22.0. The Kier molecular flexibility index (Phi) is 8.60. The van der Waals surface area contributed by atoms with Crippen LogP contribution in [0.5, 0.6) is 0 Å². The lowest BCUT2D eigenvalue weighted by Crippen LogP contribution is -2.50. The van der Waals surface area contributed by atoms with Gasteiger partial charge in [-0.25, -0.2) is 0 Å². The Morgan fingerprint density at radius 1 is 1.04 bits per heavy atom. The third-order valence-corrected chi connectivity index (χ3v) is 5.50. The van der Waals surface area contributed by atoms with E-state index in [1.165, 1.54) is 0 Å². The maximum atomic E-state index is 13.0. The number of ketones is 1. The van der Waals surface area contributed by atoms with Crippen molar-refractivity contribution in [1.29, 1.82) is 0 Å². The highest BCUT2D eigenvalue weighted by atomic mass is 16.4. The third kappa shape index (κ3) is 6.14. The molecule has 154 valence electrons. The van der Waals surface area contributed by atoms with E-state index in [0.717, 1.165) is 5.56 Å². The molecule has 5 N–H and O–H groups in total. The number of carbonyl (C=O) groups excluding carboxylic acids is 1. The van der Waals surface area contributed by atoms with Gasteiger partial charge in [0.25, 0.3) is 0 Å². The van der Waals surface area contributed by atoms with Gasteiger partial charge in [0.2, 0.25) is 0 Å². The molecule has 0 heterocycles. The number of carbonyl (C=O) groups is 3. The molecule has 0 aromatic heterocycles. The smallest absolute Gasteiger partial charge is 0.320 e. The number of benzene rings is 1. The average molecular weight is 390 g/mol. The van der Waals surface area contributed by atoms with Crippen LogP contribution >= 0.6 is 0 Å². The fraction of sp³-hybridized carbons (Fsp3) is 0.571.